The lowest BCUT2D eigenvalue weighted by atomic mass is 9.92. The zero-order valence-electron chi connectivity index (χ0n) is 11.7. The molecule has 0 spiro atoms. The lowest BCUT2D eigenvalue weighted by Gasteiger charge is -2.23. The van der Waals surface area contributed by atoms with Crippen LogP contribution in [0, 0.1) is 11.3 Å². The first kappa shape index (κ1) is 14.5. The van der Waals surface area contributed by atoms with Crippen molar-refractivity contribution in [1.29, 1.82) is 0 Å². The molecular weight excluding hydrogens is 214 g/mol. The monoisotopic (exact) mass is 241 g/mol. The van der Waals surface area contributed by atoms with Gasteiger partial charge >= 0.3 is 5.97 Å². The number of esters is 1. The fraction of sp³-hybridized carbons (Fsp3) is 0.929. The van der Waals surface area contributed by atoms with E-state index in [1.807, 2.05) is 6.92 Å². The molecule has 0 bridgehead atoms. The molecule has 0 unspecified atom stereocenters. The number of hydrogen-bond donors (Lipinski definition) is 1. The van der Waals surface area contributed by atoms with E-state index in [4.69, 9.17) is 4.74 Å². The molecule has 3 heteroatoms. The minimum absolute atomic E-state index is 0.0155. The molecule has 0 saturated heterocycles. The Morgan fingerprint density at radius 3 is 2.65 bits per heavy atom. The first-order chi connectivity index (χ1) is 7.94. The summed E-state index contributed by atoms with van der Waals surface area (Å²) in [4.78, 5) is 11.8. The van der Waals surface area contributed by atoms with Gasteiger partial charge in [-0.05, 0) is 38.1 Å². The highest BCUT2D eigenvalue weighted by atomic mass is 16.5. The number of ether oxygens (including phenoxy) is 1. The van der Waals surface area contributed by atoms with Crippen LogP contribution in [0.1, 0.15) is 53.4 Å². The third-order valence-electron chi connectivity index (χ3n) is 3.39. The van der Waals surface area contributed by atoms with Gasteiger partial charge in [0.2, 0.25) is 0 Å². The summed E-state index contributed by atoms with van der Waals surface area (Å²) in [5.74, 6) is 0.0631. The Morgan fingerprint density at radius 1 is 1.35 bits per heavy atom. The van der Waals surface area contributed by atoms with Gasteiger partial charge in [-0.1, -0.05) is 27.2 Å². The molecule has 1 N–H and O–H groups in total. The summed E-state index contributed by atoms with van der Waals surface area (Å²) >= 11 is 0. The minimum Gasteiger partial charge on any atom is -0.466 e. The third-order valence-corrected chi connectivity index (χ3v) is 3.39. The van der Waals surface area contributed by atoms with Crippen molar-refractivity contribution in [3.8, 4) is 0 Å². The summed E-state index contributed by atoms with van der Waals surface area (Å²) in [6, 6.07) is 0.330. The Balaban J connectivity index is 2.34. The molecule has 0 amide bonds. The minimum atomic E-state index is -0.0155. The highest BCUT2D eigenvalue weighted by Gasteiger charge is 2.33. The van der Waals surface area contributed by atoms with Crippen LogP contribution in [0.4, 0.5) is 0 Å². The quantitative estimate of drug-likeness (QED) is 0.752. The third kappa shape index (κ3) is 5.07. The first-order valence-corrected chi connectivity index (χ1v) is 6.84. The largest absolute Gasteiger partial charge is 0.466 e. The Morgan fingerprint density at radius 2 is 2.06 bits per heavy atom. The first-order valence-electron chi connectivity index (χ1n) is 6.84. The Hall–Kier alpha value is -0.570. The summed E-state index contributed by atoms with van der Waals surface area (Å²) in [6.45, 7) is 10.1. The van der Waals surface area contributed by atoms with Crippen molar-refractivity contribution in [2.75, 3.05) is 13.2 Å². The van der Waals surface area contributed by atoms with Crippen molar-refractivity contribution in [3.63, 3.8) is 0 Å². The predicted molar refractivity (Wildman–Crippen MR) is 69.8 cm³/mol. The van der Waals surface area contributed by atoms with Crippen molar-refractivity contribution >= 4 is 5.97 Å². The molecule has 2 atom stereocenters. The summed E-state index contributed by atoms with van der Waals surface area (Å²) in [5, 5.41) is 3.53. The van der Waals surface area contributed by atoms with E-state index in [1.54, 1.807) is 0 Å². The van der Waals surface area contributed by atoms with Crippen molar-refractivity contribution in [2.45, 2.75) is 59.4 Å². The molecule has 0 heterocycles. The van der Waals surface area contributed by atoms with Crippen molar-refractivity contribution in [3.05, 3.63) is 0 Å². The van der Waals surface area contributed by atoms with E-state index in [0.717, 1.165) is 32.2 Å². The summed E-state index contributed by atoms with van der Waals surface area (Å²) in [5.41, 5.74) is 0.352. The predicted octanol–water partition coefficient (Wildman–Crippen LogP) is 2.74. The maximum atomic E-state index is 11.8. The summed E-state index contributed by atoms with van der Waals surface area (Å²) < 4.78 is 5.12. The van der Waals surface area contributed by atoms with Gasteiger partial charge in [0.05, 0.1) is 12.5 Å². The zero-order chi connectivity index (χ0) is 12.9. The smallest absolute Gasteiger partial charge is 0.310 e. The highest BCUT2D eigenvalue weighted by molar-refractivity contribution is 5.73. The molecule has 0 radical (unpaired) electrons. The van der Waals surface area contributed by atoms with Crippen molar-refractivity contribution in [2.24, 2.45) is 11.3 Å². The van der Waals surface area contributed by atoms with Gasteiger partial charge in [-0.2, -0.15) is 0 Å². The fourth-order valence-electron chi connectivity index (χ4n) is 2.37. The van der Waals surface area contributed by atoms with E-state index in [2.05, 4.69) is 26.1 Å². The molecule has 100 valence electrons. The lowest BCUT2D eigenvalue weighted by molar-refractivity contribution is -0.148. The van der Waals surface area contributed by atoms with Gasteiger partial charge in [0, 0.05) is 6.04 Å². The van der Waals surface area contributed by atoms with E-state index < -0.39 is 0 Å². The van der Waals surface area contributed by atoms with E-state index in [0.29, 0.717) is 18.1 Å². The second-order valence-corrected chi connectivity index (χ2v) is 6.16. The van der Waals surface area contributed by atoms with E-state index in [9.17, 15) is 4.79 Å². The Kier molecular flexibility index (Phi) is 5.44. The molecule has 17 heavy (non-hydrogen) atoms. The lowest BCUT2D eigenvalue weighted by Crippen LogP contribution is -2.38. The van der Waals surface area contributed by atoms with E-state index in [-0.39, 0.29) is 11.9 Å². The van der Waals surface area contributed by atoms with Crippen LogP contribution in [0.5, 0.6) is 0 Å². The SMILES string of the molecule is CCOC(=O)[C@H]1CCC[C@@H]1NCCC(C)(C)C. The number of nitrogens with one attached hydrogen (secondary N) is 1. The number of hydrogen-bond acceptors (Lipinski definition) is 3. The molecule has 1 rings (SSSR count). The topological polar surface area (TPSA) is 38.3 Å². The van der Waals surface area contributed by atoms with Crippen LogP contribution < -0.4 is 5.32 Å². The van der Waals surface area contributed by atoms with E-state index in [1.165, 1.54) is 0 Å². The van der Waals surface area contributed by atoms with Gasteiger partial charge in [-0.3, -0.25) is 4.79 Å². The fourth-order valence-corrected chi connectivity index (χ4v) is 2.37. The van der Waals surface area contributed by atoms with Gasteiger partial charge < -0.3 is 10.1 Å². The molecule has 0 aromatic heterocycles. The molecule has 1 saturated carbocycles. The average molecular weight is 241 g/mol. The maximum absolute atomic E-state index is 11.8. The van der Waals surface area contributed by atoms with Crippen LogP contribution >= 0.6 is 0 Å². The Bertz CT molecular complexity index is 245. The van der Waals surface area contributed by atoms with Crippen LogP contribution in [-0.2, 0) is 9.53 Å². The molecule has 0 aliphatic heterocycles. The normalized spacial score (nSPS) is 24.9. The second kappa shape index (κ2) is 6.39. The zero-order valence-corrected chi connectivity index (χ0v) is 11.7. The van der Waals surface area contributed by atoms with Gasteiger partial charge in [-0.25, -0.2) is 0 Å². The summed E-state index contributed by atoms with van der Waals surface area (Å²) in [7, 11) is 0. The number of carbonyl (C=O) groups is 1. The second-order valence-electron chi connectivity index (χ2n) is 6.16. The van der Waals surface area contributed by atoms with Crippen molar-refractivity contribution in [1.82, 2.24) is 5.32 Å². The summed E-state index contributed by atoms with van der Waals surface area (Å²) in [6.07, 6.45) is 4.36. The Labute approximate surface area is 105 Å². The molecule has 0 aromatic carbocycles. The van der Waals surface area contributed by atoms with E-state index >= 15 is 0 Å². The molecule has 1 fully saturated rings. The van der Waals surface area contributed by atoms with Gasteiger partial charge in [0.1, 0.15) is 0 Å². The van der Waals surface area contributed by atoms with Crippen LogP contribution in [0.3, 0.4) is 0 Å². The van der Waals surface area contributed by atoms with Crippen LogP contribution in [0.2, 0.25) is 0 Å². The van der Waals surface area contributed by atoms with Gasteiger partial charge in [0.15, 0.2) is 0 Å². The number of carbonyl (C=O) groups excluding carboxylic acids is 1. The van der Waals surface area contributed by atoms with Crippen LogP contribution in [-0.4, -0.2) is 25.2 Å². The van der Waals surface area contributed by atoms with Crippen LogP contribution in [0.25, 0.3) is 0 Å². The number of rotatable bonds is 5. The molecular formula is C14H27NO2. The standard InChI is InChI=1S/C14H27NO2/c1-5-17-13(16)11-7-6-8-12(11)15-10-9-14(2,3)4/h11-12,15H,5-10H2,1-4H3/t11-,12-/m0/s1. The van der Waals surface area contributed by atoms with Gasteiger partial charge in [-0.15, -0.1) is 0 Å². The van der Waals surface area contributed by atoms with Gasteiger partial charge in [0.25, 0.3) is 0 Å². The average Bonchev–Trinajstić information content (AvgIpc) is 2.64. The molecule has 3 nitrogen and oxygen atoms in total. The molecule has 1 aliphatic rings. The van der Waals surface area contributed by atoms with Crippen LogP contribution in [0.15, 0.2) is 0 Å². The van der Waals surface area contributed by atoms with Crippen molar-refractivity contribution < 1.29 is 9.53 Å². The molecule has 0 aromatic rings. The maximum Gasteiger partial charge on any atom is 0.310 e. The molecule has 1 aliphatic carbocycles. The highest BCUT2D eigenvalue weighted by Crippen LogP contribution is 2.27.